The highest BCUT2D eigenvalue weighted by atomic mass is 35.5. The van der Waals surface area contributed by atoms with Gasteiger partial charge in [0.25, 0.3) is 5.91 Å². The number of ether oxygens (including phenoxy) is 3. The summed E-state index contributed by atoms with van der Waals surface area (Å²) in [5.74, 6) is -1.33. The third-order valence-corrected chi connectivity index (χ3v) is 4.89. The molecule has 0 radical (unpaired) electrons. The van der Waals surface area contributed by atoms with E-state index in [9.17, 15) is 14.4 Å². The van der Waals surface area contributed by atoms with Crippen LogP contribution in [0.3, 0.4) is 0 Å². The number of hydrogen-bond donors (Lipinski definition) is 3. The van der Waals surface area contributed by atoms with E-state index in [0.717, 1.165) is 5.56 Å². The summed E-state index contributed by atoms with van der Waals surface area (Å²) in [5, 5.41) is 9.52. The largest absolute Gasteiger partial charge is 0.493 e. The van der Waals surface area contributed by atoms with Crippen molar-refractivity contribution in [3.05, 3.63) is 52.5 Å². The number of methoxy groups -OCH3 is 2. The molecule has 34 heavy (non-hydrogen) atoms. The Labute approximate surface area is 202 Å². The number of anilines is 1. The lowest BCUT2D eigenvalue weighted by atomic mass is 10.2. The zero-order chi connectivity index (χ0) is 24.9. The summed E-state index contributed by atoms with van der Waals surface area (Å²) in [6.45, 7) is 2.36. The van der Waals surface area contributed by atoms with Gasteiger partial charge in [-0.15, -0.1) is 0 Å². The van der Waals surface area contributed by atoms with Crippen molar-refractivity contribution in [2.24, 2.45) is 5.10 Å². The van der Waals surface area contributed by atoms with Gasteiger partial charge in [-0.05, 0) is 54.8 Å². The molecule has 0 aromatic heterocycles. The van der Waals surface area contributed by atoms with Gasteiger partial charge >= 0.3 is 11.8 Å². The molecule has 182 valence electrons. The molecule has 0 aliphatic carbocycles. The Morgan fingerprint density at radius 1 is 1.09 bits per heavy atom. The summed E-state index contributed by atoms with van der Waals surface area (Å²) in [6, 6.07) is 10.1. The maximum atomic E-state index is 12.3. The Morgan fingerprint density at radius 2 is 1.88 bits per heavy atom. The molecule has 11 heteroatoms. The molecule has 0 aliphatic heterocycles. The van der Waals surface area contributed by atoms with Gasteiger partial charge in [-0.2, -0.15) is 5.10 Å². The second kappa shape index (κ2) is 13.8. The minimum absolute atomic E-state index is 0.245. The van der Waals surface area contributed by atoms with E-state index in [1.165, 1.54) is 13.3 Å². The average molecular weight is 491 g/mol. The van der Waals surface area contributed by atoms with E-state index < -0.39 is 11.8 Å². The summed E-state index contributed by atoms with van der Waals surface area (Å²) in [5.41, 5.74) is 4.08. The number of carbonyl (C=O) groups is 3. The molecule has 0 fully saturated rings. The number of rotatable bonds is 11. The number of nitrogens with one attached hydrogen (secondary N) is 3. The third-order valence-electron chi connectivity index (χ3n) is 4.48. The molecule has 2 aromatic rings. The van der Waals surface area contributed by atoms with Crippen LogP contribution < -0.4 is 25.5 Å². The Kier molecular flexibility index (Phi) is 10.8. The van der Waals surface area contributed by atoms with Crippen molar-refractivity contribution in [1.82, 2.24) is 10.7 Å². The molecule has 0 saturated heterocycles. The third kappa shape index (κ3) is 8.38. The monoisotopic (exact) mass is 490 g/mol. The maximum absolute atomic E-state index is 12.3. The lowest BCUT2D eigenvalue weighted by Crippen LogP contribution is -2.38. The van der Waals surface area contributed by atoms with Crippen LogP contribution in [-0.4, -0.2) is 57.9 Å². The molecule has 2 rings (SSSR count). The predicted molar refractivity (Wildman–Crippen MR) is 129 cm³/mol. The standard InChI is InChI=1S/C23H27ClN4O6/c1-15-17(24)6-4-7-18(15)27-21(29)14-34-19-9-8-16(12-20(19)33-3)13-26-28-23(31)22(30)25-10-5-11-32-2/h4,6-9,12-13H,5,10-11,14H2,1-3H3,(H,25,30)(H,27,29)(H,28,31). The zero-order valence-corrected chi connectivity index (χ0v) is 19.9. The van der Waals surface area contributed by atoms with Crippen LogP contribution in [0.5, 0.6) is 11.5 Å². The van der Waals surface area contributed by atoms with E-state index in [2.05, 4.69) is 21.2 Å². The van der Waals surface area contributed by atoms with Gasteiger partial charge in [0.1, 0.15) is 0 Å². The quantitative estimate of drug-likeness (QED) is 0.192. The van der Waals surface area contributed by atoms with Crippen molar-refractivity contribution in [2.45, 2.75) is 13.3 Å². The van der Waals surface area contributed by atoms with Gasteiger partial charge in [-0.1, -0.05) is 17.7 Å². The molecule has 3 N–H and O–H groups in total. The Bertz CT molecular complexity index is 1040. The van der Waals surface area contributed by atoms with Crippen molar-refractivity contribution in [2.75, 3.05) is 39.3 Å². The fourth-order valence-corrected chi connectivity index (χ4v) is 2.85. The van der Waals surface area contributed by atoms with Crippen molar-refractivity contribution in [1.29, 1.82) is 0 Å². The van der Waals surface area contributed by atoms with E-state index in [0.29, 0.717) is 47.3 Å². The smallest absolute Gasteiger partial charge is 0.329 e. The molecule has 0 saturated carbocycles. The van der Waals surface area contributed by atoms with Gasteiger partial charge in [0.2, 0.25) is 0 Å². The van der Waals surface area contributed by atoms with Gasteiger partial charge in [-0.25, -0.2) is 5.43 Å². The molecular weight excluding hydrogens is 464 g/mol. The minimum Gasteiger partial charge on any atom is -0.493 e. The number of amides is 3. The fourth-order valence-electron chi connectivity index (χ4n) is 2.67. The molecule has 0 aliphatic rings. The highest BCUT2D eigenvalue weighted by molar-refractivity contribution is 6.35. The summed E-state index contributed by atoms with van der Waals surface area (Å²) >= 11 is 6.07. The number of hydrogen-bond acceptors (Lipinski definition) is 7. The summed E-state index contributed by atoms with van der Waals surface area (Å²) < 4.78 is 15.7. The van der Waals surface area contributed by atoms with E-state index in [4.69, 9.17) is 25.8 Å². The van der Waals surface area contributed by atoms with Crippen LogP contribution in [0.2, 0.25) is 5.02 Å². The fraction of sp³-hybridized carbons (Fsp3) is 0.304. The molecule has 0 heterocycles. The molecule has 10 nitrogen and oxygen atoms in total. The first-order valence-electron chi connectivity index (χ1n) is 10.3. The lowest BCUT2D eigenvalue weighted by molar-refractivity contribution is -0.139. The second-order valence-electron chi connectivity index (χ2n) is 6.96. The Balaban J connectivity index is 1.88. The van der Waals surface area contributed by atoms with Crippen molar-refractivity contribution < 1.29 is 28.6 Å². The van der Waals surface area contributed by atoms with Crippen LogP contribution >= 0.6 is 11.6 Å². The summed E-state index contributed by atoms with van der Waals surface area (Å²) in [7, 11) is 3.01. The SMILES string of the molecule is COCCCNC(=O)C(=O)NN=Cc1ccc(OCC(=O)Nc2cccc(Cl)c2C)c(OC)c1. The van der Waals surface area contributed by atoms with E-state index in [1.54, 1.807) is 50.4 Å². The van der Waals surface area contributed by atoms with Crippen LogP contribution in [0.25, 0.3) is 0 Å². The first kappa shape index (κ1) is 26.6. The van der Waals surface area contributed by atoms with Crippen molar-refractivity contribution in [3.8, 4) is 11.5 Å². The summed E-state index contributed by atoms with van der Waals surface area (Å²) in [4.78, 5) is 35.6. The Hall–Kier alpha value is -3.63. The van der Waals surface area contributed by atoms with Gasteiger partial charge in [0.05, 0.1) is 13.3 Å². The van der Waals surface area contributed by atoms with Gasteiger partial charge < -0.3 is 24.8 Å². The van der Waals surface area contributed by atoms with E-state index >= 15 is 0 Å². The number of carbonyl (C=O) groups excluding carboxylic acids is 3. The van der Waals surface area contributed by atoms with Crippen LogP contribution in [-0.2, 0) is 19.1 Å². The lowest BCUT2D eigenvalue weighted by Gasteiger charge is -2.12. The first-order chi connectivity index (χ1) is 16.3. The number of nitrogens with zero attached hydrogens (tertiary/aromatic N) is 1. The van der Waals surface area contributed by atoms with Crippen LogP contribution in [0.1, 0.15) is 17.5 Å². The molecule has 0 unspecified atom stereocenters. The average Bonchev–Trinajstić information content (AvgIpc) is 2.83. The van der Waals surface area contributed by atoms with Crippen molar-refractivity contribution in [3.63, 3.8) is 0 Å². The van der Waals surface area contributed by atoms with Gasteiger partial charge in [0.15, 0.2) is 18.1 Å². The second-order valence-corrected chi connectivity index (χ2v) is 7.37. The Morgan fingerprint density at radius 3 is 2.62 bits per heavy atom. The molecule has 2 aromatic carbocycles. The predicted octanol–water partition coefficient (Wildman–Crippen LogP) is 2.28. The normalized spacial score (nSPS) is 10.6. The van der Waals surface area contributed by atoms with Crippen LogP contribution in [0, 0.1) is 6.92 Å². The summed E-state index contributed by atoms with van der Waals surface area (Å²) in [6.07, 6.45) is 1.94. The number of halogens is 1. The van der Waals surface area contributed by atoms with Crippen LogP contribution in [0.15, 0.2) is 41.5 Å². The van der Waals surface area contributed by atoms with E-state index in [-0.39, 0.29) is 12.5 Å². The maximum Gasteiger partial charge on any atom is 0.329 e. The van der Waals surface area contributed by atoms with Gasteiger partial charge in [-0.3, -0.25) is 14.4 Å². The molecular formula is C23H27ClN4O6. The highest BCUT2D eigenvalue weighted by Gasteiger charge is 2.12. The molecule has 0 atom stereocenters. The molecule has 0 bridgehead atoms. The van der Waals surface area contributed by atoms with E-state index in [1.807, 2.05) is 0 Å². The highest BCUT2D eigenvalue weighted by Crippen LogP contribution is 2.28. The molecule has 3 amide bonds. The molecule has 0 spiro atoms. The van der Waals surface area contributed by atoms with Crippen LogP contribution in [0.4, 0.5) is 5.69 Å². The van der Waals surface area contributed by atoms with Gasteiger partial charge in [0, 0.05) is 31.0 Å². The zero-order valence-electron chi connectivity index (χ0n) is 19.1. The topological polar surface area (TPSA) is 127 Å². The van der Waals surface area contributed by atoms with Crippen molar-refractivity contribution >= 4 is 41.2 Å². The number of benzene rings is 2. The number of hydrazone groups is 1. The first-order valence-corrected chi connectivity index (χ1v) is 10.7. The minimum atomic E-state index is -0.887.